The first-order valence-electron chi connectivity index (χ1n) is 7.68. The van der Waals surface area contributed by atoms with Gasteiger partial charge in [0.15, 0.2) is 0 Å². The first-order chi connectivity index (χ1) is 11.0. The van der Waals surface area contributed by atoms with Gasteiger partial charge in [0, 0.05) is 11.8 Å². The molecule has 2 atom stereocenters. The SMILES string of the molecule is CCC(C)C(CO)NC(=O)c1ccc(-c2cccc(F)c2)nc1. The van der Waals surface area contributed by atoms with E-state index in [0.717, 1.165) is 6.42 Å². The van der Waals surface area contributed by atoms with E-state index in [9.17, 15) is 14.3 Å². The van der Waals surface area contributed by atoms with Crippen molar-refractivity contribution in [2.45, 2.75) is 26.3 Å². The molecule has 0 bridgehead atoms. The zero-order chi connectivity index (χ0) is 16.8. The van der Waals surface area contributed by atoms with Gasteiger partial charge in [0.05, 0.1) is 23.9 Å². The molecule has 1 aromatic carbocycles. The first-order valence-corrected chi connectivity index (χ1v) is 7.68. The van der Waals surface area contributed by atoms with E-state index < -0.39 is 0 Å². The third-order valence-corrected chi connectivity index (χ3v) is 3.99. The third-order valence-electron chi connectivity index (χ3n) is 3.99. The predicted octanol–water partition coefficient (Wildman–Crippen LogP) is 3.02. The van der Waals surface area contributed by atoms with Crippen LogP contribution < -0.4 is 5.32 Å². The summed E-state index contributed by atoms with van der Waals surface area (Å²) < 4.78 is 13.2. The molecule has 4 nitrogen and oxygen atoms in total. The largest absolute Gasteiger partial charge is 0.394 e. The second-order valence-electron chi connectivity index (χ2n) is 5.59. The number of carbonyl (C=O) groups is 1. The molecule has 122 valence electrons. The normalized spacial score (nSPS) is 13.4. The van der Waals surface area contributed by atoms with E-state index in [1.807, 2.05) is 13.8 Å². The number of nitrogens with one attached hydrogen (secondary N) is 1. The molecule has 0 aliphatic heterocycles. The first kappa shape index (κ1) is 17.1. The molecule has 0 saturated heterocycles. The van der Waals surface area contributed by atoms with Gasteiger partial charge in [0.2, 0.25) is 0 Å². The molecule has 0 aliphatic rings. The highest BCUT2D eigenvalue weighted by molar-refractivity contribution is 5.94. The maximum Gasteiger partial charge on any atom is 0.253 e. The molecule has 0 saturated carbocycles. The Kier molecular flexibility index (Phi) is 5.82. The average Bonchev–Trinajstić information content (AvgIpc) is 2.59. The molecule has 1 amide bonds. The van der Waals surface area contributed by atoms with Crippen molar-refractivity contribution in [2.24, 2.45) is 5.92 Å². The van der Waals surface area contributed by atoms with Gasteiger partial charge in [-0.2, -0.15) is 0 Å². The van der Waals surface area contributed by atoms with Gasteiger partial charge in [-0.3, -0.25) is 9.78 Å². The standard InChI is InChI=1S/C18H21FN2O2/c1-3-12(2)17(11-22)21-18(23)14-7-8-16(20-10-14)13-5-4-6-15(19)9-13/h4-10,12,17,22H,3,11H2,1-2H3,(H,21,23). The Morgan fingerprint density at radius 2 is 2.13 bits per heavy atom. The van der Waals surface area contributed by atoms with E-state index in [-0.39, 0.29) is 30.3 Å². The van der Waals surface area contributed by atoms with Crippen molar-refractivity contribution in [3.05, 3.63) is 54.0 Å². The van der Waals surface area contributed by atoms with E-state index in [0.29, 0.717) is 16.8 Å². The maximum atomic E-state index is 13.2. The molecule has 2 N–H and O–H groups in total. The number of aromatic nitrogens is 1. The smallest absolute Gasteiger partial charge is 0.253 e. The Morgan fingerprint density at radius 3 is 2.70 bits per heavy atom. The number of amides is 1. The molecule has 0 spiro atoms. The van der Waals surface area contributed by atoms with Crippen LogP contribution in [0, 0.1) is 11.7 Å². The molecular formula is C18H21FN2O2. The van der Waals surface area contributed by atoms with Gasteiger partial charge in [-0.05, 0) is 30.2 Å². The highest BCUT2D eigenvalue weighted by Gasteiger charge is 2.18. The Hall–Kier alpha value is -2.27. The fraction of sp³-hybridized carbons (Fsp3) is 0.333. The number of halogens is 1. The number of rotatable bonds is 6. The summed E-state index contributed by atoms with van der Waals surface area (Å²) in [6.07, 6.45) is 2.32. The number of nitrogens with zero attached hydrogens (tertiary/aromatic N) is 1. The van der Waals surface area contributed by atoms with Crippen LogP contribution >= 0.6 is 0 Å². The zero-order valence-corrected chi connectivity index (χ0v) is 13.3. The number of benzene rings is 1. The van der Waals surface area contributed by atoms with Gasteiger partial charge in [0.25, 0.3) is 5.91 Å². The summed E-state index contributed by atoms with van der Waals surface area (Å²) in [5.74, 6) is -0.420. The van der Waals surface area contributed by atoms with Gasteiger partial charge in [-0.15, -0.1) is 0 Å². The molecule has 5 heteroatoms. The molecule has 1 aromatic heterocycles. The van der Waals surface area contributed by atoms with Gasteiger partial charge in [-0.25, -0.2) is 4.39 Å². The van der Waals surface area contributed by atoms with Crippen molar-refractivity contribution in [1.29, 1.82) is 0 Å². The van der Waals surface area contributed by atoms with Crippen molar-refractivity contribution in [1.82, 2.24) is 10.3 Å². The molecule has 0 fully saturated rings. The van der Waals surface area contributed by atoms with Crippen molar-refractivity contribution in [3.8, 4) is 11.3 Å². The third kappa shape index (κ3) is 4.36. The van der Waals surface area contributed by atoms with Gasteiger partial charge >= 0.3 is 0 Å². The van der Waals surface area contributed by atoms with Crippen LogP contribution in [0.3, 0.4) is 0 Å². The minimum atomic E-state index is -0.328. The minimum Gasteiger partial charge on any atom is -0.394 e. The summed E-state index contributed by atoms with van der Waals surface area (Å²) in [5, 5.41) is 12.2. The quantitative estimate of drug-likeness (QED) is 0.861. The molecular weight excluding hydrogens is 295 g/mol. The highest BCUT2D eigenvalue weighted by atomic mass is 19.1. The van der Waals surface area contributed by atoms with Crippen LogP contribution in [0.5, 0.6) is 0 Å². The lowest BCUT2D eigenvalue weighted by Crippen LogP contribution is -2.41. The van der Waals surface area contributed by atoms with Crippen molar-refractivity contribution >= 4 is 5.91 Å². The number of aliphatic hydroxyl groups excluding tert-OH is 1. The molecule has 2 unspecified atom stereocenters. The van der Waals surface area contributed by atoms with Gasteiger partial charge < -0.3 is 10.4 Å². The lowest BCUT2D eigenvalue weighted by molar-refractivity contribution is 0.0891. The predicted molar refractivity (Wildman–Crippen MR) is 87.4 cm³/mol. The Balaban J connectivity index is 2.11. The lowest BCUT2D eigenvalue weighted by atomic mass is 9.99. The number of pyridine rings is 1. The van der Waals surface area contributed by atoms with Crippen molar-refractivity contribution in [2.75, 3.05) is 6.61 Å². The number of aliphatic hydroxyl groups is 1. The minimum absolute atomic E-state index is 0.102. The van der Waals surface area contributed by atoms with Crippen LogP contribution in [0.4, 0.5) is 4.39 Å². The van der Waals surface area contributed by atoms with Crippen LogP contribution in [-0.2, 0) is 0 Å². The van der Waals surface area contributed by atoms with E-state index in [1.54, 1.807) is 24.3 Å². The van der Waals surface area contributed by atoms with E-state index in [4.69, 9.17) is 0 Å². The average molecular weight is 316 g/mol. The lowest BCUT2D eigenvalue weighted by Gasteiger charge is -2.22. The summed E-state index contributed by atoms with van der Waals surface area (Å²) in [6, 6.07) is 9.19. The van der Waals surface area contributed by atoms with Crippen LogP contribution in [0.1, 0.15) is 30.6 Å². The monoisotopic (exact) mass is 316 g/mol. The van der Waals surface area contributed by atoms with E-state index in [1.165, 1.54) is 18.3 Å². The summed E-state index contributed by atoms with van der Waals surface area (Å²) in [5.41, 5.74) is 1.67. The van der Waals surface area contributed by atoms with Crippen LogP contribution in [-0.4, -0.2) is 28.6 Å². The highest BCUT2D eigenvalue weighted by Crippen LogP contribution is 2.18. The Labute approximate surface area is 135 Å². The number of hydrogen-bond donors (Lipinski definition) is 2. The van der Waals surface area contributed by atoms with Crippen molar-refractivity contribution < 1.29 is 14.3 Å². The van der Waals surface area contributed by atoms with Crippen molar-refractivity contribution in [3.63, 3.8) is 0 Å². The summed E-state index contributed by atoms with van der Waals surface area (Å²) in [7, 11) is 0. The summed E-state index contributed by atoms with van der Waals surface area (Å²) in [6.45, 7) is 3.89. The summed E-state index contributed by atoms with van der Waals surface area (Å²) in [4.78, 5) is 16.4. The van der Waals surface area contributed by atoms with Gasteiger partial charge in [-0.1, -0.05) is 32.4 Å². The van der Waals surface area contributed by atoms with Crippen LogP contribution in [0.15, 0.2) is 42.6 Å². The molecule has 0 radical (unpaired) electrons. The molecule has 1 heterocycles. The van der Waals surface area contributed by atoms with E-state index >= 15 is 0 Å². The van der Waals surface area contributed by atoms with Crippen LogP contribution in [0.2, 0.25) is 0 Å². The molecule has 2 aromatic rings. The Bertz CT molecular complexity index is 658. The summed E-state index contributed by atoms with van der Waals surface area (Å²) >= 11 is 0. The molecule has 23 heavy (non-hydrogen) atoms. The fourth-order valence-corrected chi connectivity index (χ4v) is 2.25. The van der Waals surface area contributed by atoms with Gasteiger partial charge in [0.1, 0.15) is 5.82 Å². The maximum absolute atomic E-state index is 13.2. The zero-order valence-electron chi connectivity index (χ0n) is 13.3. The topological polar surface area (TPSA) is 62.2 Å². The second-order valence-corrected chi connectivity index (χ2v) is 5.59. The number of carbonyl (C=O) groups excluding carboxylic acids is 1. The molecule has 2 rings (SSSR count). The second kappa shape index (κ2) is 7.83. The molecule has 0 aliphatic carbocycles. The van der Waals surface area contributed by atoms with E-state index in [2.05, 4.69) is 10.3 Å². The Morgan fingerprint density at radius 1 is 1.35 bits per heavy atom. The van der Waals surface area contributed by atoms with Crippen LogP contribution in [0.25, 0.3) is 11.3 Å². The number of hydrogen-bond acceptors (Lipinski definition) is 3. The fourth-order valence-electron chi connectivity index (χ4n) is 2.25.